The lowest BCUT2D eigenvalue weighted by Crippen LogP contribution is -2.32. The smallest absolute Gasteiger partial charge is 0.410 e. The molecule has 17 heavy (non-hydrogen) atoms. The minimum absolute atomic E-state index is 0.0903. The molecule has 0 spiro atoms. The van der Waals surface area contributed by atoms with E-state index in [4.69, 9.17) is 4.74 Å². The van der Waals surface area contributed by atoms with Crippen LogP contribution in [-0.4, -0.2) is 25.1 Å². The van der Waals surface area contributed by atoms with Gasteiger partial charge in [-0.2, -0.15) is 0 Å². The zero-order valence-electron chi connectivity index (χ0n) is 9.73. The van der Waals surface area contributed by atoms with Gasteiger partial charge in [-0.15, -0.1) is 0 Å². The minimum Gasteiger partial charge on any atom is -0.410 e. The van der Waals surface area contributed by atoms with E-state index in [1.807, 2.05) is 13.0 Å². The van der Waals surface area contributed by atoms with Gasteiger partial charge in [0.05, 0.1) is 0 Å². The van der Waals surface area contributed by atoms with Crippen molar-refractivity contribution in [3.05, 3.63) is 30.3 Å². The number of para-hydroxylation sites is 1. The van der Waals surface area contributed by atoms with Crippen LogP contribution in [0.15, 0.2) is 30.3 Å². The molecule has 1 aromatic rings. The van der Waals surface area contributed by atoms with E-state index < -0.39 is 6.09 Å². The van der Waals surface area contributed by atoms with E-state index in [1.165, 1.54) is 0 Å². The molecule has 0 bridgehead atoms. The summed E-state index contributed by atoms with van der Waals surface area (Å²) >= 11 is 0. The standard InChI is InChI=1S/C12H16N2O3/c1-2-13-11(15)8-9-14-12(16)17-10-6-4-3-5-7-10/h3-7H,2,8-9H2,1H3,(H,13,15)(H,14,16). The fourth-order valence-corrected chi connectivity index (χ4v) is 1.20. The van der Waals surface area contributed by atoms with Crippen molar-refractivity contribution in [1.82, 2.24) is 10.6 Å². The summed E-state index contributed by atoms with van der Waals surface area (Å²) in [5, 5.41) is 5.14. The highest BCUT2D eigenvalue weighted by Crippen LogP contribution is 2.07. The fourth-order valence-electron chi connectivity index (χ4n) is 1.20. The van der Waals surface area contributed by atoms with E-state index in [0.29, 0.717) is 12.3 Å². The quantitative estimate of drug-likeness (QED) is 0.809. The number of carbonyl (C=O) groups excluding carboxylic acids is 2. The van der Waals surface area contributed by atoms with Crippen molar-refractivity contribution in [2.45, 2.75) is 13.3 Å². The second-order valence-electron chi connectivity index (χ2n) is 3.33. The Morgan fingerprint density at radius 2 is 1.88 bits per heavy atom. The monoisotopic (exact) mass is 236 g/mol. The number of ether oxygens (including phenoxy) is 1. The van der Waals surface area contributed by atoms with Crippen LogP contribution in [0.2, 0.25) is 0 Å². The molecular formula is C12H16N2O3. The molecule has 0 heterocycles. The Hall–Kier alpha value is -2.04. The van der Waals surface area contributed by atoms with Crippen molar-refractivity contribution in [2.75, 3.05) is 13.1 Å². The Balaban J connectivity index is 2.20. The van der Waals surface area contributed by atoms with Crippen LogP contribution < -0.4 is 15.4 Å². The maximum atomic E-state index is 11.3. The number of rotatable bonds is 5. The molecule has 92 valence electrons. The number of benzene rings is 1. The van der Waals surface area contributed by atoms with Gasteiger partial charge in [-0.25, -0.2) is 4.79 Å². The molecule has 2 N–H and O–H groups in total. The normalized spacial score (nSPS) is 9.47. The molecule has 1 aromatic carbocycles. The van der Waals surface area contributed by atoms with E-state index >= 15 is 0 Å². The predicted octanol–water partition coefficient (Wildman–Crippen LogP) is 1.30. The SMILES string of the molecule is CCNC(=O)CCNC(=O)Oc1ccccc1. The fraction of sp³-hybridized carbons (Fsp3) is 0.333. The molecule has 0 saturated carbocycles. The van der Waals surface area contributed by atoms with Gasteiger partial charge in [0, 0.05) is 19.5 Å². The van der Waals surface area contributed by atoms with Gasteiger partial charge in [0.15, 0.2) is 0 Å². The van der Waals surface area contributed by atoms with Gasteiger partial charge in [-0.1, -0.05) is 18.2 Å². The van der Waals surface area contributed by atoms with Crippen molar-refractivity contribution in [3.8, 4) is 5.75 Å². The lowest BCUT2D eigenvalue weighted by Gasteiger charge is -2.06. The van der Waals surface area contributed by atoms with Crippen LogP contribution in [0.5, 0.6) is 5.75 Å². The molecule has 0 unspecified atom stereocenters. The molecule has 1 rings (SSSR count). The van der Waals surface area contributed by atoms with Crippen LogP contribution in [0.3, 0.4) is 0 Å². The zero-order chi connectivity index (χ0) is 12.5. The predicted molar refractivity (Wildman–Crippen MR) is 63.8 cm³/mol. The Morgan fingerprint density at radius 3 is 2.53 bits per heavy atom. The molecule has 0 atom stereocenters. The van der Waals surface area contributed by atoms with E-state index in [0.717, 1.165) is 0 Å². The second kappa shape index (κ2) is 7.27. The highest BCUT2D eigenvalue weighted by Gasteiger charge is 2.04. The van der Waals surface area contributed by atoms with Crippen LogP contribution in [-0.2, 0) is 4.79 Å². The van der Waals surface area contributed by atoms with Gasteiger partial charge in [0.25, 0.3) is 0 Å². The van der Waals surface area contributed by atoms with E-state index in [1.54, 1.807) is 24.3 Å². The topological polar surface area (TPSA) is 67.4 Å². The number of hydrogen-bond donors (Lipinski definition) is 2. The number of amides is 2. The number of carbonyl (C=O) groups is 2. The first kappa shape index (κ1) is 13.0. The van der Waals surface area contributed by atoms with E-state index in [2.05, 4.69) is 10.6 Å². The van der Waals surface area contributed by atoms with Crippen molar-refractivity contribution >= 4 is 12.0 Å². The van der Waals surface area contributed by atoms with Crippen LogP contribution in [0.25, 0.3) is 0 Å². The van der Waals surface area contributed by atoms with Gasteiger partial charge >= 0.3 is 6.09 Å². The van der Waals surface area contributed by atoms with Crippen LogP contribution in [0.1, 0.15) is 13.3 Å². The Labute approximate surface area is 100 Å². The van der Waals surface area contributed by atoms with Gasteiger partial charge < -0.3 is 15.4 Å². The summed E-state index contributed by atoms with van der Waals surface area (Å²) in [6.07, 6.45) is -0.307. The summed E-state index contributed by atoms with van der Waals surface area (Å²) in [7, 11) is 0. The summed E-state index contributed by atoms with van der Waals surface area (Å²) in [6.45, 7) is 2.69. The first-order valence-corrected chi connectivity index (χ1v) is 5.49. The van der Waals surface area contributed by atoms with Gasteiger partial charge in [-0.3, -0.25) is 4.79 Å². The third-order valence-corrected chi connectivity index (χ3v) is 1.95. The molecule has 5 heteroatoms. The molecule has 2 amide bonds. The van der Waals surface area contributed by atoms with Crippen molar-refractivity contribution < 1.29 is 14.3 Å². The lowest BCUT2D eigenvalue weighted by atomic mass is 10.3. The minimum atomic E-state index is -0.555. The molecule has 0 aliphatic heterocycles. The Kier molecular flexibility index (Phi) is 5.57. The van der Waals surface area contributed by atoms with Crippen LogP contribution in [0, 0.1) is 0 Å². The van der Waals surface area contributed by atoms with Crippen molar-refractivity contribution in [1.29, 1.82) is 0 Å². The highest BCUT2D eigenvalue weighted by atomic mass is 16.6. The molecular weight excluding hydrogens is 220 g/mol. The molecule has 0 aliphatic carbocycles. The van der Waals surface area contributed by atoms with Crippen molar-refractivity contribution in [3.63, 3.8) is 0 Å². The van der Waals surface area contributed by atoms with E-state index in [9.17, 15) is 9.59 Å². The van der Waals surface area contributed by atoms with E-state index in [-0.39, 0.29) is 18.9 Å². The first-order chi connectivity index (χ1) is 8.22. The third kappa shape index (κ3) is 5.55. The summed E-state index contributed by atoms with van der Waals surface area (Å²) < 4.78 is 4.97. The first-order valence-electron chi connectivity index (χ1n) is 5.49. The molecule has 0 aromatic heterocycles. The number of nitrogens with one attached hydrogen (secondary N) is 2. The van der Waals surface area contributed by atoms with Gasteiger partial charge in [-0.05, 0) is 19.1 Å². The average Bonchev–Trinajstić information content (AvgIpc) is 2.30. The number of hydrogen-bond acceptors (Lipinski definition) is 3. The summed E-state index contributed by atoms with van der Waals surface area (Å²) in [5.41, 5.74) is 0. The molecule has 0 aliphatic rings. The maximum absolute atomic E-state index is 11.3. The van der Waals surface area contributed by atoms with Gasteiger partial charge in [0.1, 0.15) is 5.75 Å². The summed E-state index contributed by atoms with van der Waals surface area (Å²) in [4.78, 5) is 22.4. The zero-order valence-corrected chi connectivity index (χ0v) is 9.73. The van der Waals surface area contributed by atoms with Crippen LogP contribution >= 0.6 is 0 Å². The summed E-state index contributed by atoms with van der Waals surface area (Å²) in [6, 6.07) is 8.75. The maximum Gasteiger partial charge on any atom is 0.412 e. The second-order valence-corrected chi connectivity index (χ2v) is 3.33. The highest BCUT2D eigenvalue weighted by molar-refractivity contribution is 5.77. The largest absolute Gasteiger partial charge is 0.412 e. The lowest BCUT2D eigenvalue weighted by molar-refractivity contribution is -0.120. The molecule has 5 nitrogen and oxygen atoms in total. The molecule has 0 fully saturated rings. The Morgan fingerprint density at radius 1 is 1.18 bits per heavy atom. The van der Waals surface area contributed by atoms with Crippen molar-refractivity contribution in [2.24, 2.45) is 0 Å². The Bertz CT molecular complexity index is 365. The van der Waals surface area contributed by atoms with Crippen LogP contribution in [0.4, 0.5) is 4.79 Å². The third-order valence-electron chi connectivity index (χ3n) is 1.95. The molecule has 0 radical (unpaired) electrons. The molecule has 0 saturated heterocycles. The average molecular weight is 236 g/mol. The summed E-state index contributed by atoms with van der Waals surface area (Å²) in [5.74, 6) is 0.385. The van der Waals surface area contributed by atoms with Gasteiger partial charge in [0.2, 0.25) is 5.91 Å².